The molecule has 1 unspecified atom stereocenters. The molecule has 0 saturated carbocycles. The minimum atomic E-state index is -2.46. The second kappa shape index (κ2) is 9.61. The number of carbonyl (C=O) groups is 1. The molecule has 0 bridgehead atoms. The van der Waals surface area contributed by atoms with Gasteiger partial charge in [0.25, 0.3) is 5.91 Å². The Balaban J connectivity index is 0.000000220. The summed E-state index contributed by atoms with van der Waals surface area (Å²) in [6.07, 6.45) is 3.76. The Hall–Kier alpha value is -1.63. The van der Waals surface area contributed by atoms with Crippen LogP contribution in [0.3, 0.4) is 0 Å². The lowest BCUT2D eigenvalue weighted by atomic mass is 10.1. The lowest BCUT2D eigenvalue weighted by molar-refractivity contribution is 0.0968. The van der Waals surface area contributed by atoms with E-state index in [0.29, 0.717) is 5.56 Å². The van der Waals surface area contributed by atoms with Gasteiger partial charge in [-0.3, -0.25) is 9.00 Å². The normalized spacial score (nSPS) is 13.0. The highest BCUT2D eigenvalue weighted by Gasteiger charge is 2.12. The first-order chi connectivity index (χ1) is 11.4. The molecule has 2 N–H and O–H groups in total. The lowest BCUT2D eigenvalue weighted by Crippen LogP contribution is -2.10. The van der Waals surface area contributed by atoms with Crippen LogP contribution in [0.4, 0.5) is 0 Å². The average molecular weight is 371 g/mol. The highest BCUT2D eigenvalue weighted by atomic mass is 35.5. The van der Waals surface area contributed by atoms with Gasteiger partial charge in [-0.2, -0.15) is 0 Å². The molecule has 2 aromatic rings. The van der Waals surface area contributed by atoms with Gasteiger partial charge in [-0.05, 0) is 55.5 Å². The third kappa shape index (κ3) is 5.47. The van der Waals surface area contributed by atoms with E-state index in [1.807, 2.05) is 19.9 Å². The Morgan fingerprint density at radius 1 is 1.25 bits per heavy atom. The van der Waals surface area contributed by atoms with Crippen molar-refractivity contribution in [3.8, 4) is 0 Å². The van der Waals surface area contributed by atoms with Gasteiger partial charge in [0.1, 0.15) is 0 Å². The molecule has 0 saturated heterocycles. The van der Waals surface area contributed by atoms with Crippen LogP contribution in [0.15, 0.2) is 33.8 Å². The zero-order valence-electron chi connectivity index (χ0n) is 13.9. The summed E-state index contributed by atoms with van der Waals surface area (Å²) < 4.78 is 25.3. The largest absolute Gasteiger partial charge is 0.766 e. The van der Waals surface area contributed by atoms with Gasteiger partial charge in [0, 0.05) is 21.7 Å². The molecule has 132 valence electrons. The third-order valence-electron chi connectivity index (χ3n) is 3.34. The monoisotopic (exact) mass is 370 g/mol. The van der Waals surface area contributed by atoms with E-state index >= 15 is 0 Å². The number of carbonyl (C=O) groups excluding carboxylic acids is 1. The third-order valence-corrected chi connectivity index (χ3v) is 4.11. The van der Waals surface area contributed by atoms with Gasteiger partial charge in [-0.15, -0.1) is 0 Å². The lowest BCUT2D eigenvalue weighted by Gasteiger charge is -1.97. The zero-order chi connectivity index (χ0) is 18.3. The second-order valence-corrected chi connectivity index (χ2v) is 6.25. The molecular formula is C17H21ClNO4S-. The van der Waals surface area contributed by atoms with Gasteiger partial charge >= 0.3 is 0 Å². The van der Waals surface area contributed by atoms with E-state index in [1.54, 1.807) is 6.92 Å². The number of aryl methyl sites for hydroxylation is 3. The highest BCUT2D eigenvalue weighted by Crippen LogP contribution is 2.24. The van der Waals surface area contributed by atoms with Crippen LogP contribution in [0.1, 0.15) is 47.5 Å². The van der Waals surface area contributed by atoms with E-state index in [0.717, 1.165) is 5.02 Å². The number of benzene rings is 1. The predicted octanol–water partition coefficient (Wildman–Crippen LogP) is 3.78. The van der Waals surface area contributed by atoms with Crippen LogP contribution in [0.25, 0.3) is 0 Å². The average Bonchev–Trinajstić information content (AvgIpc) is 3.15. The number of halogens is 1. The van der Waals surface area contributed by atoms with Crippen LogP contribution < -0.4 is 5.73 Å². The summed E-state index contributed by atoms with van der Waals surface area (Å²) in [6.45, 7) is 5.54. The van der Waals surface area contributed by atoms with Gasteiger partial charge in [-0.25, -0.2) is 0 Å². The van der Waals surface area contributed by atoms with Crippen LogP contribution in [0, 0.1) is 6.92 Å². The number of furan rings is 1. The molecule has 0 fully saturated rings. The molecule has 1 aromatic heterocycles. The Morgan fingerprint density at radius 2 is 1.88 bits per heavy atom. The van der Waals surface area contributed by atoms with Crippen molar-refractivity contribution in [1.29, 1.82) is 0 Å². The number of primary amides is 1. The van der Waals surface area contributed by atoms with Gasteiger partial charge in [0.2, 0.25) is 0 Å². The fourth-order valence-corrected chi connectivity index (χ4v) is 2.94. The van der Waals surface area contributed by atoms with E-state index in [2.05, 4.69) is 16.5 Å². The minimum absolute atomic E-state index is 0.116. The quantitative estimate of drug-likeness (QED) is 0.813. The molecule has 0 radical (unpaired) electrons. The fraction of sp³-hybridized carbons (Fsp3) is 0.353. The SMILES string of the molecule is CC.Cc1cc(S(=O)[O-])oc1C(N)=O.Clc1ccc2c(c1)CCC2. The van der Waals surface area contributed by atoms with Crippen molar-refractivity contribution in [2.24, 2.45) is 5.73 Å². The van der Waals surface area contributed by atoms with Crippen LogP contribution in [-0.2, 0) is 23.9 Å². The molecule has 1 atom stereocenters. The summed E-state index contributed by atoms with van der Waals surface area (Å²) in [7, 11) is 0. The maximum atomic E-state index is 10.6. The molecule has 1 aromatic carbocycles. The van der Waals surface area contributed by atoms with Crippen LogP contribution >= 0.6 is 11.6 Å². The summed E-state index contributed by atoms with van der Waals surface area (Å²) in [5, 5.41) is 0.599. The minimum Gasteiger partial charge on any atom is -0.766 e. The molecule has 0 spiro atoms. The number of hydrogen-bond acceptors (Lipinski definition) is 4. The maximum absolute atomic E-state index is 10.6. The molecule has 1 aliphatic rings. The van der Waals surface area contributed by atoms with Crippen molar-refractivity contribution in [2.45, 2.75) is 45.1 Å². The first-order valence-corrected chi connectivity index (χ1v) is 9.10. The van der Waals surface area contributed by atoms with Crippen molar-refractivity contribution in [3.05, 3.63) is 51.7 Å². The number of nitrogens with two attached hydrogens (primary N) is 1. The summed E-state index contributed by atoms with van der Waals surface area (Å²) >= 11 is 3.36. The van der Waals surface area contributed by atoms with E-state index < -0.39 is 17.0 Å². The topological polar surface area (TPSA) is 96.4 Å². The zero-order valence-corrected chi connectivity index (χ0v) is 15.5. The van der Waals surface area contributed by atoms with Gasteiger partial charge in [0.15, 0.2) is 10.9 Å². The molecule has 1 aliphatic carbocycles. The van der Waals surface area contributed by atoms with E-state index in [9.17, 15) is 13.6 Å². The number of rotatable bonds is 2. The van der Waals surface area contributed by atoms with Crippen molar-refractivity contribution in [2.75, 3.05) is 0 Å². The molecule has 1 amide bonds. The smallest absolute Gasteiger partial charge is 0.284 e. The highest BCUT2D eigenvalue weighted by molar-refractivity contribution is 7.79. The molecule has 7 heteroatoms. The van der Waals surface area contributed by atoms with E-state index in [4.69, 9.17) is 17.3 Å². The standard InChI is InChI=1S/C9H9Cl.C6H7NO4S.C2H6/c10-9-5-4-7-2-1-3-8(7)6-9;1-3-2-4(12(9)10)11-5(3)6(7)8;1-2/h4-6H,1-3H2;2H,1H3,(H2,7,8)(H,9,10);1-2H3/p-1. The summed E-state index contributed by atoms with van der Waals surface area (Å²) in [5.74, 6) is -0.890. The molecule has 3 rings (SSSR count). The van der Waals surface area contributed by atoms with Crippen molar-refractivity contribution >= 4 is 28.6 Å². The first kappa shape index (κ1) is 20.4. The number of hydrogen-bond donors (Lipinski definition) is 1. The van der Waals surface area contributed by atoms with Crippen LogP contribution in [0.2, 0.25) is 5.02 Å². The predicted molar refractivity (Wildman–Crippen MR) is 94.0 cm³/mol. The molecule has 5 nitrogen and oxygen atoms in total. The fourth-order valence-electron chi connectivity index (χ4n) is 2.32. The molecular weight excluding hydrogens is 350 g/mol. The second-order valence-electron chi connectivity index (χ2n) is 4.94. The number of fused-ring (bicyclic) bond motifs is 1. The maximum Gasteiger partial charge on any atom is 0.284 e. The first-order valence-electron chi connectivity index (χ1n) is 7.65. The van der Waals surface area contributed by atoms with Gasteiger partial charge in [-0.1, -0.05) is 31.5 Å². The Kier molecular flexibility index (Phi) is 8.18. The number of amides is 1. The van der Waals surface area contributed by atoms with Crippen molar-refractivity contribution in [3.63, 3.8) is 0 Å². The Labute approximate surface area is 149 Å². The van der Waals surface area contributed by atoms with Crippen molar-refractivity contribution < 1.29 is 18.0 Å². The molecule has 1 heterocycles. The molecule has 0 aliphatic heterocycles. The van der Waals surface area contributed by atoms with E-state index in [1.165, 1.54) is 36.5 Å². The summed E-state index contributed by atoms with van der Waals surface area (Å²) in [5.41, 5.74) is 8.25. The van der Waals surface area contributed by atoms with Crippen LogP contribution in [-0.4, -0.2) is 14.7 Å². The van der Waals surface area contributed by atoms with Gasteiger partial charge < -0.3 is 14.7 Å². The Morgan fingerprint density at radius 3 is 2.38 bits per heavy atom. The Bertz CT molecular complexity index is 727. The summed E-state index contributed by atoms with van der Waals surface area (Å²) in [6, 6.07) is 7.45. The summed E-state index contributed by atoms with van der Waals surface area (Å²) in [4.78, 5) is 10.6. The van der Waals surface area contributed by atoms with Crippen LogP contribution in [0.5, 0.6) is 0 Å². The molecule has 24 heavy (non-hydrogen) atoms. The van der Waals surface area contributed by atoms with Crippen molar-refractivity contribution in [1.82, 2.24) is 0 Å². The van der Waals surface area contributed by atoms with Gasteiger partial charge in [0.05, 0.1) is 0 Å². The van der Waals surface area contributed by atoms with E-state index in [-0.39, 0.29) is 10.9 Å².